The third-order valence-corrected chi connectivity index (χ3v) is 4.20. The summed E-state index contributed by atoms with van der Waals surface area (Å²) >= 11 is 6.34. The highest BCUT2D eigenvalue weighted by atomic mass is 35.5. The van der Waals surface area contributed by atoms with Crippen molar-refractivity contribution in [3.63, 3.8) is 0 Å². The number of aryl methyl sites for hydroxylation is 2. The zero-order valence-corrected chi connectivity index (χ0v) is 12.7. The molecule has 1 N–H and O–H groups in total. The Labute approximate surface area is 120 Å². The van der Waals surface area contributed by atoms with Gasteiger partial charge in [-0.1, -0.05) is 18.5 Å². The van der Waals surface area contributed by atoms with Gasteiger partial charge in [-0.15, -0.1) is 0 Å². The molecule has 0 saturated carbocycles. The summed E-state index contributed by atoms with van der Waals surface area (Å²) in [4.78, 5) is 0. The van der Waals surface area contributed by atoms with Gasteiger partial charge in [-0.05, 0) is 45.2 Å². The van der Waals surface area contributed by atoms with Crippen LogP contribution in [0, 0.1) is 5.92 Å². The minimum Gasteiger partial charge on any atom is -0.375 e. The molecule has 0 bridgehead atoms. The van der Waals surface area contributed by atoms with E-state index in [0.717, 1.165) is 61.4 Å². The smallest absolute Gasteiger partial charge is 0.0900 e. The van der Waals surface area contributed by atoms with E-state index in [9.17, 15) is 0 Å². The molecule has 1 saturated heterocycles. The summed E-state index contributed by atoms with van der Waals surface area (Å²) in [6.45, 7) is 8.65. The molecule has 5 heteroatoms. The number of ether oxygens (including phenoxy) is 1. The van der Waals surface area contributed by atoms with Crippen LogP contribution in [0.4, 0.5) is 0 Å². The molecule has 0 amide bonds. The summed E-state index contributed by atoms with van der Waals surface area (Å²) in [5.41, 5.74) is 1.99. The van der Waals surface area contributed by atoms with E-state index in [0.29, 0.717) is 6.61 Å². The second kappa shape index (κ2) is 7.27. The number of halogens is 1. The van der Waals surface area contributed by atoms with E-state index in [1.807, 2.05) is 4.68 Å². The predicted octanol–water partition coefficient (Wildman–Crippen LogP) is 2.64. The van der Waals surface area contributed by atoms with Crippen LogP contribution in [0.2, 0.25) is 5.02 Å². The minimum absolute atomic E-state index is 0.569. The lowest BCUT2D eigenvalue weighted by atomic mass is 10.1. The van der Waals surface area contributed by atoms with Crippen molar-refractivity contribution in [3.8, 4) is 0 Å². The summed E-state index contributed by atoms with van der Waals surface area (Å²) in [5.74, 6) is 0.776. The normalized spacial score (nSPS) is 19.2. The summed E-state index contributed by atoms with van der Waals surface area (Å²) in [7, 11) is 0. The maximum absolute atomic E-state index is 6.34. The third kappa shape index (κ3) is 3.71. The van der Waals surface area contributed by atoms with Crippen LogP contribution in [0.15, 0.2) is 0 Å². The molecule has 0 aliphatic carbocycles. The molecule has 0 spiro atoms. The van der Waals surface area contributed by atoms with Crippen LogP contribution in [0.1, 0.15) is 38.1 Å². The highest BCUT2D eigenvalue weighted by Gasteiger charge is 2.16. The maximum atomic E-state index is 6.34. The fourth-order valence-electron chi connectivity index (χ4n) is 2.53. The largest absolute Gasteiger partial charge is 0.375 e. The van der Waals surface area contributed by atoms with Gasteiger partial charge in [0.2, 0.25) is 0 Å². The van der Waals surface area contributed by atoms with Crippen molar-refractivity contribution in [2.24, 2.45) is 5.92 Å². The fraction of sp³-hybridized carbons (Fsp3) is 0.786. The quantitative estimate of drug-likeness (QED) is 0.783. The lowest BCUT2D eigenvalue weighted by Crippen LogP contribution is -2.11. The molecule has 1 atom stereocenters. The van der Waals surface area contributed by atoms with E-state index in [1.165, 1.54) is 6.42 Å². The van der Waals surface area contributed by atoms with Crippen molar-refractivity contribution in [3.05, 3.63) is 16.4 Å². The van der Waals surface area contributed by atoms with Gasteiger partial charge in [0.15, 0.2) is 0 Å². The van der Waals surface area contributed by atoms with Crippen molar-refractivity contribution in [2.75, 3.05) is 19.7 Å². The Kier molecular flexibility index (Phi) is 5.67. The molecule has 1 fully saturated rings. The van der Waals surface area contributed by atoms with Crippen molar-refractivity contribution >= 4 is 11.6 Å². The Morgan fingerprint density at radius 1 is 1.47 bits per heavy atom. The fourth-order valence-corrected chi connectivity index (χ4v) is 2.86. The zero-order chi connectivity index (χ0) is 13.7. The molecule has 0 aromatic carbocycles. The van der Waals surface area contributed by atoms with Gasteiger partial charge in [0.05, 0.1) is 23.0 Å². The number of aromatic nitrogens is 2. The van der Waals surface area contributed by atoms with E-state index >= 15 is 0 Å². The molecule has 1 aromatic rings. The highest BCUT2D eigenvalue weighted by molar-refractivity contribution is 6.31. The number of rotatable bonds is 7. The van der Waals surface area contributed by atoms with Gasteiger partial charge < -0.3 is 10.1 Å². The van der Waals surface area contributed by atoms with Crippen molar-refractivity contribution in [1.29, 1.82) is 0 Å². The Morgan fingerprint density at radius 3 is 2.95 bits per heavy atom. The summed E-state index contributed by atoms with van der Waals surface area (Å²) in [6.07, 6.45) is 3.27. The Hall–Kier alpha value is -0.580. The lowest BCUT2D eigenvalue weighted by molar-refractivity contribution is 0.104. The number of hydrogen-bond donors (Lipinski definition) is 1. The second-order valence-electron chi connectivity index (χ2n) is 5.08. The first kappa shape index (κ1) is 14.8. The topological polar surface area (TPSA) is 39.1 Å². The molecular formula is C14H24ClN3O. The van der Waals surface area contributed by atoms with Gasteiger partial charge >= 0.3 is 0 Å². The zero-order valence-electron chi connectivity index (χ0n) is 11.9. The van der Waals surface area contributed by atoms with Crippen LogP contribution in [0.5, 0.6) is 0 Å². The molecule has 19 heavy (non-hydrogen) atoms. The minimum atomic E-state index is 0.569. The number of hydrogen-bond acceptors (Lipinski definition) is 3. The van der Waals surface area contributed by atoms with Crippen molar-refractivity contribution in [2.45, 2.75) is 46.3 Å². The molecule has 1 unspecified atom stereocenters. The molecule has 0 radical (unpaired) electrons. The second-order valence-corrected chi connectivity index (χ2v) is 5.45. The van der Waals surface area contributed by atoms with Crippen LogP contribution in [0.3, 0.4) is 0 Å². The molecule has 1 aliphatic heterocycles. The van der Waals surface area contributed by atoms with Crippen molar-refractivity contribution in [1.82, 2.24) is 15.1 Å². The van der Waals surface area contributed by atoms with Gasteiger partial charge in [0.25, 0.3) is 0 Å². The highest BCUT2D eigenvalue weighted by Crippen LogP contribution is 2.22. The number of nitrogens with one attached hydrogen (secondary N) is 1. The summed E-state index contributed by atoms with van der Waals surface area (Å²) in [5, 5.41) is 8.66. The monoisotopic (exact) mass is 285 g/mol. The van der Waals surface area contributed by atoms with Crippen LogP contribution >= 0.6 is 11.6 Å². The lowest BCUT2D eigenvalue weighted by Gasteiger charge is -2.10. The first-order valence-electron chi connectivity index (χ1n) is 7.28. The average Bonchev–Trinajstić information content (AvgIpc) is 3.03. The molecular weight excluding hydrogens is 262 g/mol. The first-order chi connectivity index (χ1) is 9.26. The van der Waals surface area contributed by atoms with Crippen LogP contribution in [-0.4, -0.2) is 29.5 Å². The standard InChI is InChI=1S/C14H24ClN3O/c1-3-12-14(15)13(18(4-2)17-12)10-19-8-6-11-5-7-16-9-11/h11,16H,3-10H2,1-2H3. The summed E-state index contributed by atoms with van der Waals surface area (Å²) < 4.78 is 7.75. The SMILES string of the molecule is CCc1nn(CC)c(COCCC2CCNC2)c1Cl. The van der Waals surface area contributed by atoms with E-state index in [4.69, 9.17) is 16.3 Å². The average molecular weight is 286 g/mol. The predicted molar refractivity (Wildman–Crippen MR) is 77.5 cm³/mol. The molecule has 1 aliphatic rings. The molecule has 2 rings (SSSR count). The van der Waals surface area contributed by atoms with E-state index in [2.05, 4.69) is 24.3 Å². The number of nitrogens with zero attached hydrogens (tertiary/aromatic N) is 2. The molecule has 4 nitrogen and oxygen atoms in total. The van der Waals surface area contributed by atoms with Crippen molar-refractivity contribution < 1.29 is 4.74 Å². The van der Waals surface area contributed by atoms with E-state index in [-0.39, 0.29) is 0 Å². The van der Waals surface area contributed by atoms with E-state index in [1.54, 1.807) is 0 Å². The Bertz CT molecular complexity index is 400. The van der Waals surface area contributed by atoms with Gasteiger partial charge in [-0.3, -0.25) is 4.68 Å². The van der Waals surface area contributed by atoms with Gasteiger partial charge in [0.1, 0.15) is 0 Å². The van der Waals surface area contributed by atoms with Crippen LogP contribution in [-0.2, 0) is 24.3 Å². The third-order valence-electron chi connectivity index (χ3n) is 3.77. The molecule has 108 valence electrons. The van der Waals surface area contributed by atoms with Gasteiger partial charge in [0, 0.05) is 13.2 Å². The molecule has 2 heterocycles. The van der Waals surface area contributed by atoms with Gasteiger partial charge in [-0.25, -0.2) is 0 Å². The summed E-state index contributed by atoms with van der Waals surface area (Å²) in [6, 6.07) is 0. The molecule has 1 aromatic heterocycles. The van der Waals surface area contributed by atoms with Crippen LogP contribution < -0.4 is 5.32 Å². The first-order valence-corrected chi connectivity index (χ1v) is 7.66. The maximum Gasteiger partial charge on any atom is 0.0900 e. The van der Waals surface area contributed by atoms with Crippen LogP contribution in [0.25, 0.3) is 0 Å². The van der Waals surface area contributed by atoms with E-state index < -0.39 is 0 Å². The Balaban J connectivity index is 1.82. The van der Waals surface area contributed by atoms with Gasteiger partial charge in [-0.2, -0.15) is 5.10 Å². The Morgan fingerprint density at radius 2 is 2.32 bits per heavy atom.